The van der Waals surface area contributed by atoms with E-state index in [-0.39, 0.29) is 12.0 Å². The third kappa shape index (κ3) is 4.64. The first kappa shape index (κ1) is 14.9. The van der Waals surface area contributed by atoms with Crippen LogP contribution in [0.3, 0.4) is 0 Å². The molecule has 1 amide bonds. The normalized spacial score (nSPS) is 12.2. The minimum atomic E-state index is -0.193. The Morgan fingerprint density at radius 3 is 2.72 bits per heavy atom. The molecule has 0 saturated carbocycles. The molecule has 0 heterocycles. The number of ether oxygens (including phenoxy) is 2. The highest BCUT2D eigenvalue weighted by atomic mass is 79.9. The van der Waals surface area contributed by atoms with Gasteiger partial charge in [-0.25, -0.2) is 0 Å². The standard InChI is InChI=1S/C12H17BrN2O3/c1-17-7-11(18-2)6-15-12(16)8-3-9(13)5-10(14)4-8/h3-5,11H,6-7,14H2,1-2H3,(H,15,16). The topological polar surface area (TPSA) is 73.6 Å². The van der Waals surface area contributed by atoms with Gasteiger partial charge in [-0.3, -0.25) is 4.79 Å². The van der Waals surface area contributed by atoms with Gasteiger partial charge in [0.05, 0.1) is 12.7 Å². The first-order chi connectivity index (χ1) is 8.56. The fourth-order valence-electron chi connectivity index (χ4n) is 1.45. The smallest absolute Gasteiger partial charge is 0.251 e. The van der Waals surface area contributed by atoms with Crippen molar-refractivity contribution in [3.05, 3.63) is 28.2 Å². The second-order valence-corrected chi connectivity index (χ2v) is 4.71. The summed E-state index contributed by atoms with van der Waals surface area (Å²) < 4.78 is 10.9. The van der Waals surface area contributed by atoms with E-state index in [1.54, 1.807) is 32.4 Å². The molecule has 3 N–H and O–H groups in total. The number of methoxy groups -OCH3 is 2. The molecule has 0 saturated heterocycles. The fourth-order valence-corrected chi connectivity index (χ4v) is 1.96. The largest absolute Gasteiger partial charge is 0.399 e. The van der Waals surface area contributed by atoms with E-state index in [9.17, 15) is 4.79 Å². The van der Waals surface area contributed by atoms with Crippen molar-refractivity contribution in [3.63, 3.8) is 0 Å². The molecule has 100 valence electrons. The Labute approximate surface area is 115 Å². The highest BCUT2D eigenvalue weighted by molar-refractivity contribution is 9.10. The van der Waals surface area contributed by atoms with Crippen molar-refractivity contribution in [2.45, 2.75) is 6.10 Å². The lowest BCUT2D eigenvalue weighted by molar-refractivity contribution is 0.0285. The average molecular weight is 317 g/mol. The van der Waals surface area contributed by atoms with Crippen LogP contribution in [0.15, 0.2) is 22.7 Å². The van der Waals surface area contributed by atoms with Crippen molar-refractivity contribution >= 4 is 27.5 Å². The van der Waals surface area contributed by atoms with E-state index in [4.69, 9.17) is 15.2 Å². The molecule has 5 nitrogen and oxygen atoms in total. The molecule has 0 radical (unpaired) electrons. The molecule has 0 bridgehead atoms. The van der Waals surface area contributed by atoms with Gasteiger partial charge in [0.15, 0.2) is 0 Å². The molecule has 0 aliphatic rings. The van der Waals surface area contributed by atoms with Crippen molar-refractivity contribution in [3.8, 4) is 0 Å². The molecule has 0 aliphatic heterocycles. The van der Waals surface area contributed by atoms with Crippen molar-refractivity contribution in [1.82, 2.24) is 5.32 Å². The van der Waals surface area contributed by atoms with Crippen LogP contribution in [0.2, 0.25) is 0 Å². The van der Waals surface area contributed by atoms with Gasteiger partial charge in [-0.2, -0.15) is 0 Å². The molecule has 0 aliphatic carbocycles. The molecule has 0 spiro atoms. The molecule has 1 atom stereocenters. The number of nitrogens with two attached hydrogens (primary N) is 1. The number of halogens is 1. The zero-order chi connectivity index (χ0) is 13.5. The lowest BCUT2D eigenvalue weighted by atomic mass is 10.2. The number of rotatable bonds is 6. The molecular weight excluding hydrogens is 300 g/mol. The zero-order valence-electron chi connectivity index (χ0n) is 10.4. The van der Waals surface area contributed by atoms with Crippen LogP contribution in [-0.4, -0.2) is 39.4 Å². The Hall–Kier alpha value is -1.11. The van der Waals surface area contributed by atoms with E-state index in [0.29, 0.717) is 24.4 Å². The maximum absolute atomic E-state index is 11.9. The van der Waals surface area contributed by atoms with Gasteiger partial charge < -0.3 is 20.5 Å². The van der Waals surface area contributed by atoms with Crippen LogP contribution in [0.1, 0.15) is 10.4 Å². The molecule has 6 heteroatoms. The number of anilines is 1. The Balaban J connectivity index is 2.59. The van der Waals surface area contributed by atoms with E-state index in [2.05, 4.69) is 21.2 Å². The van der Waals surface area contributed by atoms with E-state index in [1.807, 2.05) is 0 Å². The number of amides is 1. The van der Waals surface area contributed by atoms with Gasteiger partial charge in [0.2, 0.25) is 0 Å². The van der Waals surface area contributed by atoms with Crippen molar-refractivity contribution in [1.29, 1.82) is 0 Å². The molecular formula is C12H17BrN2O3. The zero-order valence-corrected chi connectivity index (χ0v) is 12.0. The van der Waals surface area contributed by atoms with Gasteiger partial charge in [0, 0.05) is 36.5 Å². The second kappa shape index (κ2) is 7.35. The number of nitrogen functional groups attached to an aromatic ring is 1. The third-order valence-corrected chi connectivity index (χ3v) is 2.82. The van der Waals surface area contributed by atoms with Crippen LogP contribution < -0.4 is 11.1 Å². The predicted molar refractivity (Wildman–Crippen MR) is 73.6 cm³/mol. The minimum Gasteiger partial charge on any atom is -0.399 e. The van der Waals surface area contributed by atoms with Gasteiger partial charge in [0.1, 0.15) is 0 Å². The molecule has 1 rings (SSSR count). The number of benzene rings is 1. The van der Waals surface area contributed by atoms with Crippen LogP contribution >= 0.6 is 15.9 Å². The molecule has 0 fully saturated rings. The molecule has 1 aromatic rings. The lowest BCUT2D eigenvalue weighted by Gasteiger charge is -2.15. The van der Waals surface area contributed by atoms with Crippen LogP contribution in [-0.2, 0) is 9.47 Å². The van der Waals surface area contributed by atoms with E-state index < -0.39 is 0 Å². The Morgan fingerprint density at radius 1 is 1.44 bits per heavy atom. The molecule has 0 aromatic heterocycles. The van der Waals surface area contributed by atoms with Crippen molar-refractivity contribution in [2.75, 3.05) is 33.1 Å². The van der Waals surface area contributed by atoms with E-state index in [1.165, 1.54) is 0 Å². The summed E-state index contributed by atoms with van der Waals surface area (Å²) in [7, 11) is 3.16. The molecule has 1 aromatic carbocycles. The summed E-state index contributed by atoms with van der Waals surface area (Å²) in [6.45, 7) is 0.812. The third-order valence-electron chi connectivity index (χ3n) is 2.36. The summed E-state index contributed by atoms with van der Waals surface area (Å²) in [4.78, 5) is 11.9. The number of hydrogen-bond acceptors (Lipinski definition) is 4. The summed E-state index contributed by atoms with van der Waals surface area (Å²) in [5.74, 6) is -0.193. The number of carbonyl (C=O) groups is 1. The monoisotopic (exact) mass is 316 g/mol. The quantitative estimate of drug-likeness (QED) is 0.778. The summed E-state index contributed by atoms with van der Waals surface area (Å²) in [6.07, 6.45) is -0.163. The maximum atomic E-state index is 11.9. The van der Waals surface area contributed by atoms with Gasteiger partial charge >= 0.3 is 0 Å². The SMILES string of the molecule is COCC(CNC(=O)c1cc(N)cc(Br)c1)OC. The van der Waals surface area contributed by atoms with Crippen molar-refractivity contribution < 1.29 is 14.3 Å². The minimum absolute atomic E-state index is 0.163. The summed E-state index contributed by atoms with van der Waals surface area (Å²) in [5.41, 5.74) is 6.72. The van der Waals surface area contributed by atoms with Crippen LogP contribution in [0, 0.1) is 0 Å². The predicted octanol–water partition coefficient (Wildman–Crippen LogP) is 1.42. The van der Waals surface area contributed by atoms with Gasteiger partial charge in [-0.05, 0) is 18.2 Å². The highest BCUT2D eigenvalue weighted by Gasteiger charge is 2.11. The number of carbonyl (C=O) groups excluding carboxylic acids is 1. The number of nitrogens with one attached hydrogen (secondary N) is 1. The average Bonchev–Trinajstić information content (AvgIpc) is 2.32. The summed E-state index contributed by atoms with van der Waals surface area (Å²) >= 11 is 3.30. The first-order valence-electron chi connectivity index (χ1n) is 5.42. The summed E-state index contributed by atoms with van der Waals surface area (Å²) in [5, 5.41) is 2.77. The second-order valence-electron chi connectivity index (χ2n) is 3.80. The van der Waals surface area contributed by atoms with Gasteiger partial charge in [0.25, 0.3) is 5.91 Å². The lowest BCUT2D eigenvalue weighted by Crippen LogP contribution is -2.35. The van der Waals surface area contributed by atoms with Crippen LogP contribution in [0.4, 0.5) is 5.69 Å². The van der Waals surface area contributed by atoms with Gasteiger partial charge in [-0.15, -0.1) is 0 Å². The summed E-state index contributed by atoms with van der Waals surface area (Å²) in [6, 6.07) is 5.07. The fraction of sp³-hybridized carbons (Fsp3) is 0.417. The van der Waals surface area contributed by atoms with Crippen LogP contribution in [0.25, 0.3) is 0 Å². The molecule has 1 unspecified atom stereocenters. The molecule has 18 heavy (non-hydrogen) atoms. The van der Waals surface area contributed by atoms with Gasteiger partial charge in [-0.1, -0.05) is 15.9 Å². The Bertz CT molecular complexity index is 392. The Morgan fingerprint density at radius 2 is 2.17 bits per heavy atom. The first-order valence-corrected chi connectivity index (χ1v) is 6.22. The van der Waals surface area contributed by atoms with E-state index >= 15 is 0 Å². The highest BCUT2D eigenvalue weighted by Crippen LogP contribution is 2.17. The van der Waals surface area contributed by atoms with Crippen LogP contribution in [0.5, 0.6) is 0 Å². The van der Waals surface area contributed by atoms with E-state index in [0.717, 1.165) is 4.47 Å². The van der Waals surface area contributed by atoms with Crippen molar-refractivity contribution in [2.24, 2.45) is 0 Å². The maximum Gasteiger partial charge on any atom is 0.251 e. The number of hydrogen-bond donors (Lipinski definition) is 2. The Kier molecular flexibility index (Phi) is 6.11.